The van der Waals surface area contributed by atoms with Crippen LogP contribution in [0.5, 0.6) is 5.75 Å². The average Bonchev–Trinajstić information content (AvgIpc) is 2.94. The summed E-state index contributed by atoms with van der Waals surface area (Å²) in [6, 6.07) is 5.68. The van der Waals surface area contributed by atoms with E-state index in [-0.39, 0.29) is 18.2 Å². The number of aliphatic carboxylic acids is 1. The minimum atomic E-state index is -0.807. The van der Waals surface area contributed by atoms with Gasteiger partial charge < -0.3 is 9.84 Å². The number of hydrogen-bond donors (Lipinski definition) is 1. The summed E-state index contributed by atoms with van der Waals surface area (Å²) < 4.78 is 5.46. The Morgan fingerprint density at radius 1 is 1.29 bits per heavy atom. The molecule has 1 fully saturated rings. The molecule has 112 valence electrons. The largest absolute Gasteiger partial charge is 0.493 e. The first-order valence-electron chi connectivity index (χ1n) is 7.37. The van der Waals surface area contributed by atoms with Crippen molar-refractivity contribution in [1.82, 2.24) is 4.90 Å². The Balaban J connectivity index is 1.63. The van der Waals surface area contributed by atoms with Crippen molar-refractivity contribution in [3.05, 3.63) is 29.3 Å². The predicted molar refractivity (Wildman–Crippen MR) is 76.8 cm³/mol. The van der Waals surface area contributed by atoms with Gasteiger partial charge in [-0.15, -0.1) is 0 Å². The number of benzene rings is 1. The van der Waals surface area contributed by atoms with E-state index in [2.05, 4.69) is 0 Å². The van der Waals surface area contributed by atoms with Crippen LogP contribution < -0.4 is 4.74 Å². The Hall–Kier alpha value is -1.88. The van der Waals surface area contributed by atoms with Gasteiger partial charge in [0.1, 0.15) is 5.75 Å². The Morgan fingerprint density at radius 2 is 2.05 bits per heavy atom. The molecule has 3 rings (SSSR count). The lowest BCUT2D eigenvalue weighted by atomic mass is 9.88. The van der Waals surface area contributed by atoms with Gasteiger partial charge in [-0.25, -0.2) is 0 Å². The number of carboxylic acids is 1. The van der Waals surface area contributed by atoms with Crippen LogP contribution >= 0.6 is 0 Å². The van der Waals surface area contributed by atoms with Gasteiger partial charge in [0.25, 0.3) is 0 Å². The summed E-state index contributed by atoms with van der Waals surface area (Å²) in [6.07, 6.45) is 2.34. The molecule has 2 heterocycles. The zero-order valence-corrected chi connectivity index (χ0v) is 11.9. The van der Waals surface area contributed by atoms with Gasteiger partial charge in [-0.05, 0) is 49.7 Å². The number of carbonyl (C=O) groups excluding carboxylic acids is 1. The summed E-state index contributed by atoms with van der Waals surface area (Å²) in [7, 11) is 0. The molecule has 5 nitrogen and oxygen atoms in total. The fourth-order valence-electron chi connectivity index (χ4n) is 3.12. The maximum Gasteiger partial charge on any atom is 0.317 e. The number of rotatable bonds is 4. The van der Waals surface area contributed by atoms with Crippen LogP contribution in [0.2, 0.25) is 0 Å². The van der Waals surface area contributed by atoms with Crippen LogP contribution in [0, 0.1) is 5.92 Å². The van der Waals surface area contributed by atoms with Gasteiger partial charge in [0.2, 0.25) is 0 Å². The summed E-state index contributed by atoms with van der Waals surface area (Å²) in [6.45, 7) is 2.12. The van der Waals surface area contributed by atoms with Gasteiger partial charge in [-0.3, -0.25) is 14.5 Å². The molecule has 0 unspecified atom stereocenters. The second-order valence-electron chi connectivity index (χ2n) is 5.73. The molecule has 1 aromatic rings. The van der Waals surface area contributed by atoms with Gasteiger partial charge >= 0.3 is 5.97 Å². The number of hydrogen-bond acceptors (Lipinski definition) is 4. The first-order valence-corrected chi connectivity index (χ1v) is 7.37. The minimum absolute atomic E-state index is 0.00964. The monoisotopic (exact) mass is 289 g/mol. The number of carbonyl (C=O) groups is 2. The average molecular weight is 289 g/mol. The molecule has 1 N–H and O–H groups in total. The summed E-state index contributed by atoms with van der Waals surface area (Å²) in [5.41, 5.74) is 1.88. The summed E-state index contributed by atoms with van der Waals surface area (Å²) in [5.74, 6) is 0.274. The molecular formula is C16H19NO4. The van der Waals surface area contributed by atoms with Crippen LogP contribution in [-0.2, 0) is 11.2 Å². The number of ether oxygens (including phenoxy) is 1. The topological polar surface area (TPSA) is 66.8 Å². The number of Topliss-reactive ketones (excluding diaryl/α,β-unsaturated/α-hetero) is 1. The SMILES string of the molecule is O=C(O)CN1CCC(C(=O)c2ccc3c(c2)CCO3)CC1. The number of nitrogens with zero attached hydrogens (tertiary/aromatic N) is 1. The molecule has 0 radical (unpaired) electrons. The van der Waals surface area contributed by atoms with E-state index in [1.807, 2.05) is 23.1 Å². The zero-order valence-electron chi connectivity index (χ0n) is 11.9. The molecule has 2 aliphatic rings. The normalized spacial score (nSPS) is 19.0. The van der Waals surface area contributed by atoms with Gasteiger partial charge in [0, 0.05) is 17.9 Å². The van der Waals surface area contributed by atoms with Gasteiger partial charge in [0.05, 0.1) is 13.2 Å². The molecular weight excluding hydrogens is 270 g/mol. The summed E-state index contributed by atoms with van der Waals surface area (Å²) in [5, 5.41) is 8.79. The maximum absolute atomic E-state index is 12.6. The first kappa shape index (κ1) is 14.1. The van der Waals surface area contributed by atoms with E-state index in [9.17, 15) is 9.59 Å². The second-order valence-corrected chi connectivity index (χ2v) is 5.73. The number of carboxylic acid groups (broad SMARTS) is 1. The molecule has 0 saturated carbocycles. The van der Waals surface area contributed by atoms with E-state index in [0.717, 1.165) is 36.1 Å². The lowest BCUT2D eigenvalue weighted by Crippen LogP contribution is -2.39. The van der Waals surface area contributed by atoms with Crippen molar-refractivity contribution in [2.75, 3.05) is 26.2 Å². The predicted octanol–water partition coefficient (Wildman–Crippen LogP) is 1.60. The Bertz CT molecular complexity index is 561. The van der Waals surface area contributed by atoms with Crippen molar-refractivity contribution in [3.8, 4) is 5.75 Å². The number of ketones is 1. The second kappa shape index (κ2) is 5.85. The lowest BCUT2D eigenvalue weighted by molar-refractivity contribution is -0.138. The molecule has 0 aliphatic carbocycles. The van der Waals surface area contributed by atoms with E-state index < -0.39 is 5.97 Å². The molecule has 0 aromatic heterocycles. The van der Waals surface area contributed by atoms with E-state index in [1.165, 1.54) is 0 Å². The van der Waals surface area contributed by atoms with Crippen molar-refractivity contribution in [2.24, 2.45) is 5.92 Å². The smallest absolute Gasteiger partial charge is 0.317 e. The molecule has 1 saturated heterocycles. The third kappa shape index (κ3) is 3.08. The van der Waals surface area contributed by atoms with E-state index in [4.69, 9.17) is 9.84 Å². The summed E-state index contributed by atoms with van der Waals surface area (Å²) >= 11 is 0. The van der Waals surface area contributed by atoms with Crippen molar-refractivity contribution >= 4 is 11.8 Å². The molecule has 2 aliphatic heterocycles. The van der Waals surface area contributed by atoms with Crippen LogP contribution in [0.15, 0.2) is 18.2 Å². The first-order chi connectivity index (χ1) is 10.1. The molecule has 5 heteroatoms. The lowest BCUT2D eigenvalue weighted by Gasteiger charge is -2.30. The number of likely N-dealkylation sites (tertiary alicyclic amines) is 1. The highest BCUT2D eigenvalue weighted by molar-refractivity contribution is 5.98. The fraction of sp³-hybridized carbons (Fsp3) is 0.500. The van der Waals surface area contributed by atoms with Crippen molar-refractivity contribution in [1.29, 1.82) is 0 Å². The Labute approximate surface area is 123 Å². The Kier molecular flexibility index (Phi) is 3.92. The quantitative estimate of drug-likeness (QED) is 0.853. The fourth-order valence-corrected chi connectivity index (χ4v) is 3.12. The van der Waals surface area contributed by atoms with Gasteiger partial charge in [-0.2, -0.15) is 0 Å². The molecule has 0 atom stereocenters. The minimum Gasteiger partial charge on any atom is -0.493 e. The highest BCUT2D eigenvalue weighted by atomic mass is 16.5. The molecule has 0 amide bonds. The van der Waals surface area contributed by atoms with E-state index >= 15 is 0 Å². The Morgan fingerprint density at radius 3 is 2.76 bits per heavy atom. The molecule has 1 aromatic carbocycles. The van der Waals surface area contributed by atoms with Crippen molar-refractivity contribution in [2.45, 2.75) is 19.3 Å². The standard InChI is InChI=1S/C16H19NO4/c18-15(19)10-17-6-3-11(4-7-17)16(20)13-1-2-14-12(9-13)5-8-21-14/h1-2,9,11H,3-8,10H2,(H,18,19). The molecule has 0 spiro atoms. The van der Waals surface area contributed by atoms with E-state index in [1.54, 1.807) is 0 Å². The van der Waals surface area contributed by atoms with Crippen LogP contribution in [0.3, 0.4) is 0 Å². The zero-order chi connectivity index (χ0) is 14.8. The number of piperidine rings is 1. The third-order valence-electron chi connectivity index (χ3n) is 4.29. The van der Waals surface area contributed by atoms with Crippen molar-refractivity contribution < 1.29 is 19.4 Å². The highest BCUT2D eigenvalue weighted by Gasteiger charge is 2.27. The van der Waals surface area contributed by atoms with Crippen molar-refractivity contribution in [3.63, 3.8) is 0 Å². The van der Waals surface area contributed by atoms with Crippen LogP contribution in [0.4, 0.5) is 0 Å². The summed E-state index contributed by atoms with van der Waals surface area (Å²) in [4.78, 5) is 25.1. The van der Waals surface area contributed by atoms with Crippen LogP contribution in [0.1, 0.15) is 28.8 Å². The van der Waals surface area contributed by atoms with Gasteiger partial charge in [-0.1, -0.05) is 0 Å². The maximum atomic E-state index is 12.6. The highest BCUT2D eigenvalue weighted by Crippen LogP contribution is 2.28. The molecule has 21 heavy (non-hydrogen) atoms. The van der Waals surface area contributed by atoms with Crippen LogP contribution in [-0.4, -0.2) is 48.0 Å². The van der Waals surface area contributed by atoms with Crippen LogP contribution in [0.25, 0.3) is 0 Å². The van der Waals surface area contributed by atoms with Gasteiger partial charge in [0.15, 0.2) is 5.78 Å². The molecule has 0 bridgehead atoms. The van der Waals surface area contributed by atoms with E-state index in [0.29, 0.717) is 19.7 Å². The number of fused-ring (bicyclic) bond motifs is 1. The third-order valence-corrected chi connectivity index (χ3v) is 4.29.